The van der Waals surface area contributed by atoms with Gasteiger partial charge in [-0.25, -0.2) is 17.6 Å². The van der Waals surface area contributed by atoms with Crippen molar-refractivity contribution < 1.29 is 32.2 Å². The number of nitrogens with two attached hydrogens (primary N) is 1. The Bertz CT molecular complexity index is 1560. The summed E-state index contributed by atoms with van der Waals surface area (Å²) in [6.45, 7) is 1.80. The van der Waals surface area contributed by atoms with E-state index in [0.717, 1.165) is 31.6 Å². The van der Waals surface area contributed by atoms with Gasteiger partial charge in [-0.15, -0.1) is 0 Å². The molecular formula is C29H36FN3O6S2. The average molecular weight is 606 g/mol. The van der Waals surface area contributed by atoms with Gasteiger partial charge in [0.1, 0.15) is 17.3 Å². The Hall–Kier alpha value is -3.35. The van der Waals surface area contributed by atoms with Crippen LogP contribution in [-0.4, -0.2) is 60.9 Å². The van der Waals surface area contributed by atoms with Crippen LogP contribution in [0.4, 0.5) is 4.39 Å². The number of hydrogen-bond donors (Lipinski definition) is 4. The van der Waals surface area contributed by atoms with E-state index < -0.39 is 33.4 Å². The minimum atomic E-state index is -3.46. The number of hydrogen-bond acceptors (Lipinski definition) is 7. The number of nitrogens with zero attached hydrogens (tertiary/aromatic N) is 1. The van der Waals surface area contributed by atoms with Gasteiger partial charge in [0.15, 0.2) is 9.84 Å². The van der Waals surface area contributed by atoms with Gasteiger partial charge in [0, 0.05) is 40.9 Å². The number of carbonyl (C=O) groups excluding carboxylic acids is 1. The van der Waals surface area contributed by atoms with Crippen molar-refractivity contribution in [3.8, 4) is 11.1 Å². The van der Waals surface area contributed by atoms with E-state index in [4.69, 9.17) is 10.5 Å². The highest BCUT2D eigenvalue weighted by atomic mass is 32.2. The average Bonchev–Trinajstić information content (AvgIpc) is 3.53. The van der Waals surface area contributed by atoms with Gasteiger partial charge in [-0.2, -0.15) is 12.6 Å². The zero-order chi connectivity index (χ0) is 30.5. The maximum atomic E-state index is 14.9. The molecule has 0 saturated heterocycles. The van der Waals surface area contributed by atoms with E-state index in [1.165, 1.54) is 24.1 Å². The molecule has 2 aromatic carbocycles. The van der Waals surface area contributed by atoms with Crippen LogP contribution in [0.25, 0.3) is 22.0 Å². The molecule has 3 aromatic rings. The monoisotopic (exact) mass is 605 g/mol. The first-order valence-corrected chi connectivity index (χ1v) is 15.9. The maximum absolute atomic E-state index is 14.9. The zero-order valence-corrected chi connectivity index (χ0v) is 25.2. The second kappa shape index (κ2) is 13.1. The third-order valence-corrected chi connectivity index (χ3v) is 8.01. The minimum absolute atomic E-state index is 0.00289. The van der Waals surface area contributed by atoms with Crippen LogP contribution in [0.5, 0.6) is 0 Å². The lowest BCUT2D eigenvalue weighted by Gasteiger charge is -2.24. The number of fused-ring (bicyclic) bond motifs is 1. The number of carbonyl (C=O) groups is 2. The number of benzene rings is 2. The molecule has 4 rings (SSSR count). The molecule has 1 heterocycles. The molecule has 0 unspecified atom stereocenters. The zero-order valence-electron chi connectivity index (χ0n) is 23.5. The predicted molar refractivity (Wildman–Crippen MR) is 161 cm³/mol. The van der Waals surface area contributed by atoms with Crippen molar-refractivity contribution in [2.45, 2.75) is 49.9 Å². The predicted octanol–water partition coefficient (Wildman–Crippen LogP) is 5.04. The van der Waals surface area contributed by atoms with Gasteiger partial charge >= 0.3 is 5.97 Å². The van der Waals surface area contributed by atoms with Gasteiger partial charge in [-0.05, 0) is 49.6 Å². The summed E-state index contributed by atoms with van der Waals surface area (Å²) in [4.78, 5) is 28.7. The third-order valence-electron chi connectivity index (χ3n) is 7.18. The molecule has 1 amide bonds. The number of para-hydroxylation sites is 1. The second-order valence-corrected chi connectivity index (χ2v) is 12.4. The summed E-state index contributed by atoms with van der Waals surface area (Å²) in [5.74, 6) is -1.86. The molecular weight excluding hydrogens is 569 g/mol. The standard InChI is InChI=1S/C28H32FN3O6S.CH4S/c1-17(32(16-33)14-20(38-2)9-10-28(30)11-12-28)21-5-4-6-22-24(26(27(34)35)31-25(21)22)18-7-8-19(23(29)13-18)15-39(3,36)37;1-2/h4-8,13-14,16-17,31H,9-12,15,30H2,1-3H3,(H,34,35);2H,1H3/b20-14-;/t17-;/m0./s1. The summed E-state index contributed by atoms with van der Waals surface area (Å²) in [6, 6.07) is 8.72. The van der Waals surface area contributed by atoms with Gasteiger partial charge < -0.3 is 25.5 Å². The number of H-pyrrole nitrogens is 1. The first-order valence-electron chi connectivity index (χ1n) is 12.9. The van der Waals surface area contributed by atoms with Gasteiger partial charge in [0.05, 0.1) is 24.4 Å². The number of rotatable bonds is 12. The molecule has 4 N–H and O–H groups in total. The number of carboxylic acid groups (broad SMARTS) is 1. The highest BCUT2D eigenvalue weighted by molar-refractivity contribution is 7.89. The first-order chi connectivity index (χ1) is 19.4. The lowest BCUT2D eigenvalue weighted by molar-refractivity contribution is -0.117. The van der Waals surface area contributed by atoms with Gasteiger partial charge in [-0.1, -0.05) is 30.3 Å². The van der Waals surface area contributed by atoms with E-state index >= 15 is 0 Å². The van der Waals surface area contributed by atoms with Crippen LogP contribution in [0.3, 0.4) is 0 Å². The number of thiol groups is 1. The van der Waals surface area contributed by atoms with E-state index in [9.17, 15) is 27.5 Å². The normalized spacial score (nSPS) is 15.0. The Morgan fingerprint density at radius 2 is 1.98 bits per heavy atom. The second-order valence-electron chi connectivity index (χ2n) is 10.2. The molecule has 9 nitrogen and oxygen atoms in total. The minimum Gasteiger partial charge on any atom is -0.500 e. The van der Waals surface area contributed by atoms with Gasteiger partial charge in [-0.3, -0.25) is 4.79 Å². The molecule has 1 aromatic heterocycles. The lowest BCUT2D eigenvalue weighted by atomic mass is 9.97. The maximum Gasteiger partial charge on any atom is 0.352 e. The molecule has 1 atom stereocenters. The van der Waals surface area contributed by atoms with Crippen molar-refractivity contribution in [1.82, 2.24) is 9.88 Å². The summed E-state index contributed by atoms with van der Waals surface area (Å²) in [5, 5.41) is 10.5. The van der Waals surface area contributed by atoms with Crippen LogP contribution in [-0.2, 0) is 25.1 Å². The SMILES string of the molecule is CO/C(=C\N(C=O)[C@@H](C)c1cccc2c(-c3ccc(CS(C)(=O)=O)c(F)c3)c(C(=O)O)[nH]c12)CCC1(N)CC1.CS. The third kappa shape index (κ3) is 7.69. The fourth-order valence-electron chi connectivity index (χ4n) is 4.71. The van der Waals surface area contributed by atoms with E-state index in [1.807, 2.05) is 0 Å². The summed E-state index contributed by atoms with van der Waals surface area (Å²) in [6.07, 6.45) is 8.25. The Morgan fingerprint density at radius 3 is 2.51 bits per heavy atom. The number of amides is 1. The van der Waals surface area contributed by atoms with Crippen molar-refractivity contribution in [1.29, 1.82) is 0 Å². The highest BCUT2D eigenvalue weighted by Crippen LogP contribution is 2.39. The molecule has 12 heteroatoms. The number of aromatic amines is 1. The molecule has 0 spiro atoms. The smallest absolute Gasteiger partial charge is 0.352 e. The molecule has 1 saturated carbocycles. The number of allylic oxidation sites excluding steroid dienone is 1. The van der Waals surface area contributed by atoms with Crippen molar-refractivity contribution in [3.63, 3.8) is 0 Å². The van der Waals surface area contributed by atoms with E-state index in [0.29, 0.717) is 35.1 Å². The molecule has 41 heavy (non-hydrogen) atoms. The Morgan fingerprint density at radius 1 is 1.29 bits per heavy atom. The van der Waals surface area contributed by atoms with Crippen molar-refractivity contribution in [2.24, 2.45) is 5.73 Å². The quantitative estimate of drug-likeness (QED) is 0.129. The molecule has 0 aliphatic heterocycles. The Balaban J connectivity index is 0.00000226. The number of carboxylic acids is 1. The fraction of sp³-hybridized carbons (Fsp3) is 0.379. The molecule has 222 valence electrons. The topological polar surface area (TPSA) is 143 Å². The van der Waals surface area contributed by atoms with Crippen LogP contribution in [0.15, 0.2) is 48.4 Å². The highest BCUT2D eigenvalue weighted by Gasteiger charge is 2.37. The first kappa shape index (κ1) is 32.2. The van der Waals surface area contributed by atoms with Crippen LogP contribution in [0.1, 0.15) is 60.3 Å². The summed E-state index contributed by atoms with van der Waals surface area (Å²) in [7, 11) is -1.93. The van der Waals surface area contributed by atoms with Crippen molar-refractivity contribution in [3.05, 3.63) is 71.0 Å². The number of halogens is 1. The summed E-state index contributed by atoms with van der Waals surface area (Å²) >= 11 is 3.53. The van der Waals surface area contributed by atoms with Crippen LogP contribution >= 0.6 is 12.6 Å². The summed E-state index contributed by atoms with van der Waals surface area (Å²) < 4.78 is 43.6. The molecule has 0 bridgehead atoms. The lowest BCUT2D eigenvalue weighted by Crippen LogP contribution is -2.23. The van der Waals surface area contributed by atoms with Crippen LogP contribution in [0.2, 0.25) is 0 Å². The van der Waals surface area contributed by atoms with Crippen LogP contribution < -0.4 is 5.73 Å². The van der Waals surface area contributed by atoms with E-state index in [1.54, 1.807) is 37.6 Å². The number of sulfone groups is 1. The summed E-state index contributed by atoms with van der Waals surface area (Å²) in [5.41, 5.74) is 7.54. The fourth-order valence-corrected chi connectivity index (χ4v) is 5.51. The number of aromatic nitrogens is 1. The molecule has 1 aliphatic rings. The molecule has 1 fully saturated rings. The Labute approximate surface area is 244 Å². The van der Waals surface area contributed by atoms with E-state index in [2.05, 4.69) is 17.6 Å². The van der Waals surface area contributed by atoms with Gasteiger partial charge in [0.25, 0.3) is 0 Å². The number of ether oxygens (including phenoxy) is 1. The van der Waals surface area contributed by atoms with Crippen molar-refractivity contribution >= 4 is 45.7 Å². The van der Waals surface area contributed by atoms with Gasteiger partial charge in [0.2, 0.25) is 6.41 Å². The molecule has 1 aliphatic carbocycles. The number of aromatic carboxylic acids is 1. The van der Waals surface area contributed by atoms with E-state index in [-0.39, 0.29) is 27.9 Å². The number of nitrogens with one attached hydrogen (secondary N) is 1. The molecule has 0 radical (unpaired) electrons. The van der Waals surface area contributed by atoms with Crippen LogP contribution in [0, 0.1) is 5.82 Å². The number of methoxy groups -OCH3 is 1. The largest absolute Gasteiger partial charge is 0.500 e. The Kier molecular flexibility index (Phi) is 10.3. The van der Waals surface area contributed by atoms with Crippen molar-refractivity contribution in [2.75, 3.05) is 19.6 Å².